The van der Waals surface area contributed by atoms with Crippen molar-refractivity contribution in [3.63, 3.8) is 0 Å². The van der Waals surface area contributed by atoms with Crippen molar-refractivity contribution in [3.8, 4) is 5.75 Å². The lowest BCUT2D eigenvalue weighted by atomic mass is 10.2. The third-order valence-corrected chi connectivity index (χ3v) is 4.74. The molecule has 2 aromatic rings. The molecule has 0 saturated carbocycles. The lowest BCUT2D eigenvalue weighted by molar-refractivity contribution is 0.336. The van der Waals surface area contributed by atoms with Gasteiger partial charge in [0.25, 0.3) is 0 Å². The number of ether oxygens (including phenoxy) is 1. The Morgan fingerprint density at radius 3 is 2.33 bits per heavy atom. The molecule has 21 heavy (non-hydrogen) atoms. The van der Waals surface area contributed by atoms with E-state index in [9.17, 15) is 0 Å². The molecule has 0 unspecified atom stereocenters. The van der Waals surface area contributed by atoms with E-state index in [-0.39, 0.29) is 0 Å². The van der Waals surface area contributed by atoms with E-state index in [2.05, 4.69) is 53.1 Å². The second kappa shape index (κ2) is 7.86. The first-order valence-electron chi connectivity index (χ1n) is 6.31. The second-order valence-corrected chi connectivity index (χ2v) is 7.33. The van der Waals surface area contributed by atoms with Crippen molar-refractivity contribution in [2.24, 2.45) is 0 Å². The first-order valence-corrected chi connectivity index (χ1v) is 9.06. The van der Waals surface area contributed by atoms with Gasteiger partial charge in [-0.2, -0.15) is 0 Å². The van der Waals surface area contributed by atoms with Crippen LogP contribution in [0.4, 0.5) is 5.69 Å². The normalized spacial score (nSPS) is 10.5. The van der Waals surface area contributed by atoms with E-state index in [1.165, 1.54) is 0 Å². The number of nitrogens with one attached hydrogen (secondary N) is 1. The van der Waals surface area contributed by atoms with Crippen molar-refractivity contribution < 1.29 is 4.74 Å². The number of benzene rings is 2. The Labute approximate surface area is 154 Å². The van der Waals surface area contributed by atoms with E-state index < -0.39 is 0 Å². The van der Waals surface area contributed by atoms with Crippen LogP contribution in [0.15, 0.2) is 43.7 Å². The van der Waals surface area contributed by atoms with Gasteiger partial charge in [-0.1, -0.05) is 27.5 Å². The van der Waals surface area contributed by atoms with Gasteiger partial charge in [0.05, 0.1) is 26.3 Å². The minimum atomic E-state index is 0.628. The number of anilines is 1. The minimum absolute atomic E-state index is 0.628. The van der Waals surface area contributed by atoms with Gasteiger partial charge in [0.15, 0.2) is 0 Å². The fourth-order valence-electron chi connectivity index (χ4n) is 1.83. The van der Waals surface area contributed by atoms with Gasteiger partial charge in [-0.25, -0.2) is 0 Å². The standard InChI is InChI=1S/C15H13Br3ClNO/c1-2-21-15-11(17)5-9(6-12(15)18)8-20-14-4-3-10(16)7-13(14)19/h3-7,20H,2,8H2,1H3. The van der Waals surface area contributed by atoms with Crippen molar-refractivity contribution in [1.29, 1.82) is 0 Å². The molecule has 0 heterocycles. The molecule has 0 bridgehead atoms. The van der Waals surface area contributed by atoms with Crippen LogP contribution in [0.5, 0.6) is 5.75 Å². The van der Waals surface area contributed by atoms with Crippen LogP contribution < -0.4 is 10.1 Å². The highest BCUT2D eigenvalue weighted by molar-refractivity contribution is 9.11. The molecule has 2 rings (SSSR count). The zero-order valence-electron chi connectivity index (χ0n) is 11.2. The first kappa shape index (κ1) is 17.1. The maximum absolute atomic E-state index is 6.19. The molecule has 112 valence electrons. The molecule has 0 aliphatic carbocycles. The SMILES string of the molecule is CCOc1c(Br)cc(CNc2ccc(Br)cc2Cl)cc1Br. The first-order chi connectivity index (χ1) is 10.0. The summed E-state index contributed by atoms with van der Waals surface area (Å²) in [5.74, 6) is 0.822. The molecule has 0 aromatic heterocycles. The third-order valence-electron chi connectivity index (χ3n) is 2.76. The van der Waals surface area contributed by atoms with Crippen LogP contribution in [0.1, 0.15) is 12.5 Å². The Kier molecular flexibility index (Phi) is 6.41. The average Bonchev–Trinajstić information content (AvgIpc) is 2.42. The van der Waals surface area contributed by atoms with Crippen LogP contribution in [-0.4, -0.2) is 6.61 Å². The van der Waals surface area contributed by atoms with E-state index in [0.717, 1.165) is 30.4 Å². The summed E-state index contributed by atoms with van der Waals surface area (Å²) >= 11 is 16.7. The molecule has 0 amide bonds. The highest BCUT2D eigenvalue weighted by atomic mass is 79.9. The summed E-state index contributed by atoms with van der Waals surface area (Å²) in [4.78, 5) is 0. The Morgan fingerprint density at radius 2 is 1.76 bits per heavy atom. The van der Waals surface area contributed by atoms with E-state index in [1.54, 1.807) is 0 Å². The van der Waals surface area contributed by atoms with Crippen molar-refractivity contribution >= 4 is 65.1 Å². The summed E-state index contributed by atoms with van der Waals surface area (Å²) in [6.07, 6.45) is 0. The molecule has 6 heteroatoms. The highest BCUT2D eigenvalue weighted by Crippen LogP contribution is 2.35. The van der Waals surface area contributed by atoms with Gasteiger partial charge in [0.2, 0.25) is 0 Å². The summed E-state index contributed by atoms with van der Waals surface area (Å²) in [5, 5.41) is 4.02. The molecule has 0 aliphatic heterocycles. The summed E-state index contributed by atoms with van der Waals surface area (Å²) in [5.41, 5.74) is 2.03. The molecule has 0 saturated heterocycles. The maximum atomic E-state index is 6.19. The molecule has 0 spiro atoms. The van der Waals surface area contributed by atoms with Crippen molar-refractivity contribution in [2.45, 2.75) is 13.5 Å². The van der Waals surface area contributed by atoms with Gasteiger partial charge in [-0.3, -0.25) is 0 Å². The van der Waals surface area contributed by atoms with Crippen LogP contribution in [0.2, 0.25) is 5.02 Å². The van der Waals surface area contributed by atoms with Crippen molar-refractivity contribution in [2.75, 3.05) is 11.9 Å². The van der Waals surface area contributed by atoms with E-state index in [1.807, 2.05) is 37.3 Å². The quantitative estimate of drug-likeness (QED) is 0.499. The zero-order chi connectivity index (χ0) is 15.4. The number of halogens is 4. The molecular weight excluding hydrogens is 485 g/mol. The Balaban J connectivity index is 2.13. The van der Waals surface area contributed by atoms with E-state index in [0.29, 0.717) is 18.2 Å². The van der Waals surface area contributed by atoms with Crippen LogP contribution in [-0.2, 0) is 6.54 Å². The second-order valence-electron chi connectivity index (χ2n) is 4.30. The van der Waals surface area contributed by atoms with E-state index >= 15 is 0 Å². The number of hydrogen-bond acceptors (Lipinski definition) is 2. The Bertz CT molecular complexity index is 626. The van der Waals surface area contributed by atoms with E-state index in [4.69, 9.17) is 16.3 Å². The fraction of sp³-hybridized carbons (Fsp3) is 0.200. The lowest BCUT2D eigenvalue weighted by Gasteiger charge is -2.13. The largest absolute Gasteiger partial charge is 0.492 e. The fourth-order valence-corrected chi connectivity index (χ4v) is 4.08. The van der Waals surface area contributed by atoms with Crippen molar-refractivity contribution in [3.05, 3.63) is 54.3 Å². The summed E-state index contributed by atoms with van der Waals surface area (Å²) in [6, 6.07) is 9.85. The predicted octanol–water partition coefficient (Wildman–Crippen LogP) is 6.64. The predicted molar refractivity (Wildman–Crippen MR) is 99.5 cm³/mol. The Morgan fingerprint density at radius 1 is 1.10 bits per heavy atom. The molecular formula is C15H13Br3ClNO. The summed E-state index contributed by atoms with van der Waals surface area (Å²) in [7, 11) is 0. The van der Waals surface area contributed by atoms with Crippen LogP contribution in [0, 0.1) is 0 Å². The van der Waals surface area contributed by atoms with Gasteiger partial charge >= 0.3 is 0 Å². The van der Waals surface area contributed by atoms with Crippen molar-refractivity contribution in [1.82, 2.24) is 0 Å². The molecule has 0 atom stereocenters. The molecule has 0 aliphatic rings. The molecule has 1 N–H and O–H groups in total. The molecule has 2 aromatic carbocycles. The van der Waals surface area contributed by atoms with Crippen LogP contribution in [0.3, 0.4) is 0 Å². The monoisotopic (exact) mass is 495 g/mol. The molecule has 0 radical (unpaired) electrons. The topological polar surface area (TPSA) is 21.3 Å². The van der Waals surface area contributed by atoms with Crippen LogP contribution in [0.25, 0.3) is 0 Å². The van der Waals surface area contributed by atoms with Gasteiger partial charge in [0, 0.05) is 11.0 Å². The smallest absolute Gasteiger partial charge is 0.147 e. The number of hydrogen-bond donors (Lipinski definition) is 1. The van der Waals surface area contributed by atoms with Crippen LogP contribution >= 0.6 is 59.4 Å². The molecule has 2 nitrogen and oxygen atoms in total. The Hall–Kier alpha value is -0.230. The van der Waals surface area contributed by atoms with Gasteiger partial charge in [0.1, 0.15) is 5.75 Å². The zero-order valence-corrected chi connectivity index (χ0v) is 16.7. The molecule has 0 fully saturated rings. The third kappa shape index (κ3) is 4.62. The van der Waals surface area contributed by atoms with Gasteiger partial charge < -0.3 is 10.1 Å². The van der Waals surface area contributed by atoms with Gasteiger partial charge in [-0.05, 0) is 74.7 Å². The average molecular weight is 498 g/mol. The number of rotatable bonds is 5. The maximum Gasteiger partial charge on any atom is 0.147 e. The summed E-state index contributed by atoms with van der Waals surface area (Å²) in [6.45, 7) is 3.26. The minimum Gasteiger partial charge on any atom is -0.492 e. The van der Waals surface area contributed by atoms with Gasteiger partial charge in [-0.15, -0.1) is 0 Å². The lowest BCUT2D eigenvalue weighted by Crippen LogP contribution is -2.01. The highest BCUT2D eigenvalue weighted by Gasteiger charge is 2.09. The summed E-state index contributed by atoms with van der Waals surface area (Å²) < 4.78 is 8.40.